The number of methoxy groups -OCH3 is 1. The number of thioether (sulfide) groups is 2. The number of hydrogen-bond donors (Lipinski definition) is 1. The van der Waals surface area contributed by atoms with E-state index in [9.17, 15) is 4.79 Å². The van der Waals surface area contributed by atoms with E-state index < -0.39 is 6.09 Å². The van der Waals surface area contributed by atoms with Gasteiger partial charge < -0.3 is 4.74 Å². The van der Waals surface area contributed by atoms with Gasteiger partial charge in [-0.15, -0.1) is 11.8 Å². The Morgan fingerprint density at radius 3 is 2.87 bits per heavy atom. The van der Waals surface area contributed by atoms with Gasteiger partial charge in [0.1, 0.15) is 0 Å². The van der Waals surface area contributed by atoms with Crippen molar-refractivity contribution in [2.75, 3.05) is 23.8 Å². The Kier molecular flexibility index (Phi) is 5.42. The molecule has 15 heavy (non-hydrogen) atoms. The topological polar surface area (TPSA) is 38.3 Å². The second-order valence-electron chi connectivity index (χ2n) is 2.66. The van der Waals surface area contributed by atoms with E-state index in [2.05, 4.69) is 10.1 Å². The fourth-order valence-electron chi connectivity index (χ4n) is 0.979. The molecule has 0 saturated heterocycles. The van der Waals surface area contributed by atoms with Gasteiger partial charge in [0, 0.05) is 9.98 Å². The van der Waals surface area contributed by atoms with Crippen molar-refractivity contribution < 1.29 is 9.53 Å². The van der Waals surface area contributed by atoms with E-state index in [1.807, 2.05) is 30.5 Å². The molecule has 0 aromatic heterocycles. The maximum absolute atomic E-state index is 11.1. The zero-order valence-electron chi connectivity index (χ0n) is 8.65. The van der Waals surface area contributed by atoms with Gasteiger partial charge in [-0.25, -0.2) is 4.79 Å². The third kappa shape index (κ3) is 4.05. The fraction of sp³-hybridized carbons (Fsp3) is 0.300. The highest BCUT2D eigenvalue weighted by atomic mass is 32.2. The number of nitrogens with one attached hydrogen (secondary N) is 1. The SMILES string of the molecule is COC(=O)Nc1ccccc1SCSC. The molecule has 0 heterocycles. The van der Waals surface area contributed by atoms with Crippen LogP contribution in [0.4, 0.5) is 10.5 Å². The average Bonchev–Trinajstić information content (AvgIpc) is 2.28. The van der Waals surface area contributed by atoms with Gasteiger partial charge in [0.05, 0.1) is 12.8 Å². The van der Waals surface area contributed by atoms with Crippen LogP contribution in [0.3, 0.4) is 0 Å². The van der Waals surface area contributed by atoms with Crippen molar-refractivity contribution in [1.82, 2.24) is 0 Å². The highest BCUT2D eigenvalue weighted by Crippen LogP contribution is 2.28. The molecule has 0 aliphatic carbocycles. The van der Waals surface area contributed by atoms with Crippen molar-refractivity contribution in [2.24, 2.45) is 0 Å². The predicted octanol–water partition coefficient (Wildman–Crippen LogP) is 3.28. The Morgan fingerprint density at radius 2 is 2.20 bits per heavy atom. The fourth-order valence-corrected chi connectivity index (χ4v) is 2.41. The van der Waals surface area contributed by atoms with Crippen LogP contribution in [0.2, 0.25) is 0 Å². The van der Waals surface area contributed by atoms with Gasteiger partial charge in [-0.2, -0.15) is 11.8 Å². The molecule has 1 aromatic rings. The minimum atomic E-state index is -0.438. The number of anilines is 1. The summed E-state index contributed by atoms with van der Waals surface area (Å²) < 4.78 is 4.55. The van der Waals surface area contributed by atoms with Crippen LogP contribution in [0.1, 0.15) is 0 Å². The smallest absolute Gasteiger partial charge is 0.411 e. The van der Waals surface area contributed by atoms with E-state index in [0.717, 1.165) is 15.7 Å². The zero-order valence-corrected chi connectivity index (χ0v) is 10.3. The van der Waals surface area contributed by atoms with E-state index in [4.69, 9.17) is 0 Å². The second-order valence-corrected chi connectivity index (χ2v) is 4.91. The average molecular weight is 243 g/mol. The summed E-state index contributed by atoms with van der Waals surface area (Å²) in [7, 11) is 1.35. The van der Waals surface area contributed by atoms with Crippen LogP contribution < -0.4 is 5.32 Å². The van der Waals surface area contributed by atoms with Gasteiger partial charge in [-0.05, 0) is 18.4 Å². The second kappa shape index (κ2) is 6.63. The molecular weight excluding hydrogens is 230 g/mol. The number of rotatable bonds is 4. The first kappa shape index (κ1) is 12.3. The number of para-hydroxylation sites is 1. The number of amides is 1. The van der Waals surface area contributed by atoms with E-state index in [-0.39, 0.29) is 0 Å². The van der Waals surface area contributed by atoms with E-state index in [0.29, 0.717) is 0 Å². The van der Waals surface area contributed by atoms with Crippen LogP contribution in [-0.2, 0) is 4.74 Å². The molecule has 0 fully saturated rings. The van der Waals surface area contributed by atoms with Gasteiger partial charge in [-0.1, -0.05) is 12.1 Å². The first-order chi connectivity index (χ1) is 7.27. The number of carbonyl (C=O) groups is 1. The number of hydrogen-bond acceptors (Lipinski definition) is 4. The number of benzene rings is 1. The maximum Gasteiger partial charge on any atom is 0.411 e. The lowest BCUT2D eigenvalue weighted by atomic mass is 10.3. The molecule has 0 unspecified atom stereocenters. The van der Waals surface area contributed by atoms with Crippen molar-refractivity contribution in [1.29, 1.82) is 0 Å². The minimum Gasteiger partial charge on any atom is -0.453 e. The number of carbonyl (C=O) groups excluding carboxylic acids is 1. The third-order valence-corrected chi connectivity index (χ3v) is 3.72. The van der Waals surface area contributed by atoms with Gasteiger partial charge in [-0.3, -0.25) is 5.32 Å². The first-order valence-corrected chi connectivity index (χ1v) is 6.71. The summed E-state index contributed by atoms with van der Waals surface area (Å²) in [4.78, 5) is 12.1. The molecule has 1 amide bonds. The van der Waals surface area contributed by atoms with Crippen molar-refractivity contribution in [3.05, 3.63) is 24.3 Å². The van der Waals surface area contributed by atoms with Crippen LogP contribution in [0.25, 0.3) is 0 Å². The normalized spacial score (nSPS) is 9.73. The molecule has 0 bridgehead atoms. The number of ether oxygens (including phenoxy) is 1. The summed E-state index contributed by atoms with van der Waals surface area (Å²) in [5, 5.41) is 3.64. The maximum atomic E-state index is 11.1. The Labute approximate surface area is 98.0 Å². The van der Waals surface area contributed by atoms with Crippen LogP contribution in [-0.4, -0.2) is 24.5 Å². The van der Waals surface area contributed by atoms with Crippen LogP contribution in [0.5, 0.6) is 0 Å². The van der Waals surface area contributed by atoms with Gasteiger partial charge in [0.2, 0.25) is 0 Å². The molecule has 0 aliphatic rings. The highest BCUT2D eigenvalue weighted by Gasteiger charge is 2.05. The van der Waals surface area contributed by atoms with Crippen molar-refractivity contribution in [3.8, 4) is 0 Å². The lowest BCUT2D eigenvalue weighted by Crippen LogP contribution is -2.11. The summed E-state index contributed by atoms with van der Waals surface area (Å²) in [6, 6.07) is 7.67. The molecule has 3 nitrogen and oxygen atoms in total. The molecule has 0 radical (unpaired) electrons. The van der Waals surface area contributed by atoms with Gasteiger partial charge in [0.15, 0.2) is 0 Å². The Morgan fingerprint density at radius 1 is 1.47 bits per heavy atom. The Hall–Kier alpha value is -0.810. The van der Waals surface area contributed by atoms with E-state index >= 15 is 0 Å². The van der Waals surface area contributed by atoms with E-state index in [1.165, 1.54) is 7.11 Å². The molecule has 0 aliphatic heterocycles. The Balaban J connectivity index is 2.72. The molecule has 1 rings (SSSR count). The van der Waals surface area contributed by atoms with Crippen molar-refractivity contribution >= 4 is 35.3 Å². The summed E-state index contributed by atoms with van der Waals surface area (Å²) >= 11 is 3.44. The molecule has 1 aromatic carbocycles. The first-order valence-electron chi connectivity index (χ1n) is 4.33. The molecule has 5 heteroatoms. The molecule has 0 spiro atoms. The third-order valence-electron chi connectivity index (χ3n) is 1.64. The summed E-state index contributed by atoms with van der Waals surface area (Å²) in [5.74, 6) is 0. The van der Waals surface area contributed by atoms with Crippen LogP contribution in [0.15, 0.2) is 29.2 Å². The largest absolute Gasteiger partial charge is 0.453 e. The summed E-state index contributed by atoms with van der Waals surface area (Å²) in [5.41, 5.74) is 0.795. The van der Waals surface area contributed by atoms with Crippen LogP contribution in [0, 0.1) is 0 Å². The van der Waals surface area contributed by atoms with Crippen molar-refractivity contribution in [2.45, 2.75) is 4.90 Å². The van der Waals surface area contributed by atoms with Crippen LogP contribution >= 0.6 is 23.5 Å². The van der Waals surface area contributed by atoms with Gasteiger partial charge >= 0.3 is 6.09 Å². The molecular formula is C10H13NO2S2. The quantitative estimate of drug-likeness (QED) is 0.650. The van der Waals surface area contributed by atoms with Gasteiger partial charge in [0.25, 0.3) is 0 Å². The lowest BCUT2D eigenvalue weighted by Gasteiger charge is -2.08. The molecule has 0 saturated carbocycles. The summed E-state index contributed by atoms with van der Waals surface area (Å²) in [6.45, 7) is 0. The standard InChI is InChI=1S/C10H13NO2S2/c1-13-10(12)11-8-5-3-4-6-9(8)15-7-14-2/h3-6H,7H2,1-2H3,(H,11,12). The monoisotopic (exact) mass is 243 g/mol. The summed E-state index contributed by atoms with van der Waals surface area (Å²) in [6.07, 6.45) is 1.61. The molecule has 82 valence electrons. The highest BCUT2D eigenvalue weighted by molar-refractivity contribution is 8.15. The molecule has 0 atom stereocenters. The lowest BCUT2D eigenvalue weighted by molar-refractivity contribution is 0.187. The Bertz CT molecular complexity index is 331. The van der Waals surface area contributed by atoms with E-state index in [1.54, 1.807) is 23.5 Å². The predicted molar refractivity (Wildman–Crippen MR) is 66.7 cm³/mol. The zero-order chi connectivity index (χ0) is 11.1. The molecule has 1 N–H and O–H groups in total. The van der Waals surface area contributed by atoms with Crippen molar-refractivity contribution in [3.63, 3.8) is 0 Å². The minimum absolute atomic E-state index is 0.438.